The molecule has 0 heterocycles. The van der Waals surface area contributed by atoms with Crippen LogP contribution in [0.25, 0.3) is 10.8 Å². The summed E-state index contributed by atoms with van der Waals surface area (Å²) in [4.78, 5) is 12.9. The monoisotopic (exact) mass is 373 g/mol. The Morgan fingerprint density at radius 3 is 2.68 bits per heavy atom. The maximum absolute atomic E-state index is 12.9. The van der Waals surface area contributed by atoms with Crippen LogP contribution in [0, 0.1) is 0 Å². The van der Waals surface area contributed by atoms with Crippen LogP contribution in [-0.4, -0.2) is 12.0 Å². The topological polar surface area (TPSA) is 38.3 Å². The SMILES string of the molecule is CC[C@H](Oc1cccc2ccccc12)C(=O)N[C@H](C)c1ccc2c(c1)CCC2. The van der Waals surface area contributed by atoms with Gasteiger partial charge in [-0.1, -0.05) is 61.5 Å². The van der Waals surface area contributed by atoms with Gasteiger partial charge in [-0.25, -0.2) is 0 Å². The first-order valence-electron chi connectivity index (χ1n) is 10.2. The standard InChI is InChI=1S/C25H27NO2/c1-3-23(28-24-13-7-10-19-8-4-5-12-22(19)24)25(27)26-17(2)20-15-14-18-9-6-11-21(18)16-20/h4-5,7-8,10,12-17,23H,3,6,9,11H2,1-2H3,(H,26,27)/t17-,23+/m1/s1. The number of amides is 1. The van der Waals surface area contributed by atoms with Crippen molar-refractivity contribution in [3.63, 3.8) is 0 Å². The highest BCUT2D eigenvalue weighted by Gasteiger charge is 2.22. The average Bonchev–Trinajstić information content (AvgIpc) is 3.19. The zero-order chi connectivity index (χ0) is 19.5. The van der Waals surface area contributed by atoms with Gasteiger partial charge in [-0.3, -0.25) is 4.79 Å². The van der Waals surface area contributed by atoms with E-state index in [1.54, 1.807) is 0 Å². The molecular weight excluding hydrogens is 346 g/mol. The van der Waals surface area contributed by atoms with Gasteiger partial charge < -0.3 is 10.1 Å². The van der Waals surface area contributed by atoms with Crippen LogP contribution in [0.3, 0.4) is 0 Å². The molecule has 0 radical (unpaired) electrons. The van der Waals surface area contributed by atoms with E-state index in [1.807, 2.05) is 44.2 Å². The van der Waals surface area contributed by atoms with E-state index >= 15 is 0 Å². The van der Waals surface area contributed by atoms with Crippen molar-refractivity contribution in [2.45, 2.75) is 51.7 Å². The highest BCUT2D eigenvalue weighted by atomic mass is 16.5. The Kier molecular flexibility index (Phi) is 5.34. The number of carbonyl (C=O) groups excluding carboxylic acids is 1. The Morgan fingerprint density at radius 2 is 1.82 bits per heavy atom. The number of ether oxygens (including phenoxy) is 1. The molecule has 1 N–H and O–H groups in total. The Bertz CT molecular complexity index is 990. The van der Waals surface area contributed by atoms with Gasteiger partial charge in [0.15, 0.2) is 6.10 Å². The molecule has 0 saturated carbocycles. The molecule has 0 fully saturated rings. The second-order valence-corrected chi connectivity index (χ2v) is 7.60. The summed E-state index contributed by atoms with van der Waals surface area (Å²) < 4.78 is 6.14. The van der Waals surface area contributed by atoms with Crippen LogP contribution < -0.4 is 10.1 Å². The summed E-state index contributed by atoms with van der Waals surface area (Å²) in [5.74, 6) is 0.689. The molecule has 0 aliphatic heterocycles. The van der Waals surface area contributed by atoms with Crippen LogP contribution in [0.15, 0.2) is 60.7 Å². The van der Waals surface area contributed by atoms with Gasteiger partial charge in [0.2, 0.25) is 0 Å². The molecule has 144 valence electrons. The van der Waals surface area contributed by atoms with Crippen molar-refractivity contribution in [2.75, 3.05) is 0 Å². The molecule has 0 saturated heterocycles. The van der Waals surface area contributed by atoms with Crippen LogP contribution in [-0.2, 0) is 17.6 Å². The molecule has 1 aliphatic carbocycles. The minimum atomic E-state index is -0.511. The molecule has 28 heavy (non-hydrogen) atoms. The van der Waals surface area contributed by atoms with Crippen molar-refractivity contribution < 1.29 is 9.53 Å². The number of aryl methyl sites for hydroxylation is 2. The molecule has 0 bridgehead atoms. The predicted molar refractivity (Wildman–Crippen MR) is 114 cm³/mol. The lowest BCUT2D eigenvalue weighted by atomic mass is 10.0. The van der Waals surface area contributed by atoms with E-state index in [0.29, 0.717) is 6.42 Å². The van der Waals surface area contributed by atoms with Gasteiger partial charge in [-0.2, -0.15) is 0 Å². The third-order valence-electron chi connectivity index (χ3n) is 5.66. The first-order valence-corrected chi connectivity index (χ1v) is 10.2. The second kappa shape index (κ2) is 8.05. The molecule has 3 aromatic carbocycles. The van der Waals surface area contributed by atoms with Gasteiger partial charge >= 0.3 is 0 Å². The molecule has 1 amide bonds. The quantitative estimate of drug-likeness (QED) is 0.631. The number of nitrogens with one attached hydrogen (secondary N) is 1. The number of rotatable bonds is 6. The molecule has 1 aliphatic rings. The zero-order valence-electron chi connectivity index (χ0n) is 16.6. The van der Waals surface area contributed by atoms with Gasteiger partial charge in [-0.05, 0) is 60.7 Å². The van der Waals surface area contributed by atoms with Gasteiger partial charge in [0.25, 0.3) is 5.91 Å². The minimum absolute atomic E-state index is 0.0384. The number of hydrogen-bond donors (Lipinski definition) is 1. The highest BCUT2D eigenvalue weighted by Crippen LogP contribution is 2.28. The summed E-state index contributed by atoms with van der Waals surface area (Å²) in [5, 5.41) is 5.29. The predicted octanol–water partition coefficient (Wildman–Crippen LogP) is 5.36. The lowest BCUT2D eigenvalue weighted by Gasteiger charge is -2.22. The Morgan fingerprint density at radius 1 is 1.04 bits per heavy atom. The van der Waals surface area contributed by atoms with Crippen molar-refractivity contribution in [1.29, 1.82) is 0 Å². The third-order valence-corrected chi connectivity index (χ3v) is 5.66. The van der Waals surface area contributed by atoms with Crippen LogP contribution in [0.5, 0.6) is 5.75 Å². The molecule has 4 rings (SSSR count). The molecule has 3 aromatic rings. The average molecular weight is 373 g/mol. The van der Waals surface area contributed by atoms with E-state index in [1.165, 1.54) is 24.0 Å². The number of benzene rings is 3. The normalized spacial score (nSPS) is 15.1. The van der Waals surface area contributed by atoms with Crippen LogP contribution in [0.1, 0.15) is 49.4 Å². The second-order valence-electron chi connectivity index (χ2n) is 7.60. The summed E-state index contributed by atoms with van der Waals surface area (Å²) in [5.41, 5.74) is 4.04. The Balaban J connectivity index is 1.48. The van der Waals surface area contributed by atoms with Crippen LogP contribution in [0.4, 0.5) is 0 Å². The van der Waals surface area contributed by atoms with Gasteiger partial charge in [0.05, 0.1) is 6.04 Å². The zero-order valence-corrected chi connectivity index (χ0v) is 16.6. The fourth-order valence-electron chi connectivity index (χ4n) is 4.02. The summed E-state index contributed by atoms with van der Waals surface area (Å²) in [7, 11) is 0. The lowest BCUT2D eigenvalue weighted by molar-refractivity contribution is -0.128. The fraction of sp³-hybridized carbons (Fsp3) is 0.320. The van der Waals surface area contributed by atoms with Crippen molar-refractivity contribution in [1.82, 2.24) is 5.32 Å². The number of fused-ring (bicyclic) bond motifs is 2. The lowest BCUT2D eigenvalue weighted by Crippen LogP contribution is -2.39. The van der Waals surface area contributed by atoms with E-state index in [2.05, 4.69) is 35.6 Å². The summed E-state index contributed by atoms with van der Waals surface area (Å²) in [6, 6.07) is 20.6. The van der Waals surface area contributed by atoms with E-state index in [-0.39, 0.29) is 11.9 Å². The number of carbonyl (C=O) groups is 1. The van der Waals surface area contributed by atoms with E-state index in [9.17, 15) is 4.79 Å². The molecule has 3 heteroatoms. The Labute approximate surface area is 166 Å². The van der Waals surface area contributed by atoms with Crippen LogP contribution in [0.2, 0.25) is 0 Å². The highest BCUT2D eigenvalue weighted by molar-refractivity contribution is 5.89. The van der Waals surface area contributed by atoms with Gasteiger partial charge in [0, 0.05) is 5.39 Å². The third kappa shape index (κ3) is 3.75. The van der Waals surface area contributed by atoms with Crippen molar-refractivity contribution >= 4 is 16.7 Å². The van der Waals surface area contributed by atoms with Crippen molar-refractivity contribution in [3.05, 3.63) is 77.4 Å². The van der Waals surface area contributed by atoms with Gasteiger partial charge in [0.1, 0.15) is 5.75 Å². The largest absolute Gasteiger partial charge is 0.480 e. The molecule has 0 aromatic heterocycles. The fourth-order valence-corrected chi connectivity index (χ4v) is 4.02. The molecule has 3 nitrogen and oxygen atoms in total. The van der Waals surface area contributed by atoms with E-state index < -0.39 is 6.10 Å². The van der Waals surface area contributed by atoms with Crippen LogP contribution >= 0.6 is 0 Å². The summed E-state index contributed by atoms with van der Waals surface area (Å²) >= 11 is 0. The maximum atomic E-state index is 12.9. The van der Waals surface area contributed by atoms with Crippen molar-refractivity contribution in [3.8, 4) is 5.75 Å². The van der Waals surface area contributed by atoms with Gasteiger partial charge in [-0.15, -0.1) is 0 Å². The van der Waals surface area contributed by atoms with E-state index in [4.69, 9.17) is 4.74 Å². The van der Waals surface area contributed by atoms with Crippen molar-refractivity contribution in [2.24, 2.45) is 0 Å². The first kappa shape index (κ1) is 18.5. The maximum Gasteiger partial charge on any atom is 0.261 e. The molecule has 0 unspecified atom stereocenters. The number of hydrogen-bond acceptors (Lipinski definition) is 2. The minimum Gasteiger partial charge on any atom is -0.480 e. The molecule has 2 atom stereocenters. The van der Waals surface area contributed by atoms with E-state index in [0.717, 1.165) is 28.5 Å². The Hall–Kier alpha value is -2.81. The molecule has 0 spiro atoms. The summed E-state index contributed by atoms with van der Waals surface area (Å²) in [6.45, 7) is 4.02. The summed E-state index contributed by atoms with van der Waals surface area (Å²) in [6.07, 6.45) is 3.66. The molecular formula is C25H27NO2. The smallest absolute Gasteiger partial charge is 0.261 e. The first-order chi connectivity index (χ1) is 13.7.